The molecule has 5 aromatic rings. The number of pyridine rings is 1. The maximum Gasteiger partial charge on any atom is 0.141 e. The second-order valence-corrected chi connectivity index (χ2v) is 12.0. The van der Waals surface area contributed by atoms with Crippen LogP contribution < -0.4 is 10.6 Å². The van der Waals surface area contributed by atoms with Crippen molar-refractivity contribution in [3.05, 3.63) is 91.2 Å². The Hall–Kier alpha value is -3.79. The van der Waals surface area contributed by atoms with E-state index in [1.54, 1.807) is 23.6 Å². The lowest BCUT2D eigenvalue weighted by atomic mass is 9.95. The number of H-pyrrole nitrogens is 1. The highest BCUT2D eigenvalue weighted by Crippen LogP contribution is 2.40. The zero-order valence-corrected chi connectivity index (χ0v) is 24.3. The SMILES string of the molecule is N#Cc1cnc2c(Cl)cc(N[C@H](c3c[nH]nn3)c3csc4c3CCN(C3COC3)C4)cc2c1Nc1ccc(F)c(Cl)c1. The number of nitriles is 1. The predicted octanol–water partition coefficient (Wildman–Crippen LogP) is 6.43. The summed E-state index contributed by atoms with van der Waals surface area (Å²) < 4.78 is 19.2. The summed E-state index contributed by atoms with van der Waals surface area (Å²) in [4.78, 5) is 8.29. The van der Waals surface area contributed by atoms with E-state index in [1.807, 2.05) is 12.1 Å². The van der Waals surface area contributed by atoms with E-state index in [9.17, 15) is 9.65 Å². The number of hydrogen-bond acceptors (Lipinski definition) is 9. The highest BCUT2D eigenvalue weighted by Gasteiger charge is 2.32. The third-order valence-corrected chi connectivity index (χ3v) is 9.34. The van der Waals surface area contributed by atoms with E-state index in [-0.39, 0.29) is 11.1 Å². The van der Waals surface area contributed by atoms with E-state index < -0.39 is 5.82 Å². The Bertz CT molecular complexity index is 1840. The molecule has 2 aliphatic heterocycles. The molecule has 1 saturated heterocycles. The molecule has 3 aromatic heterocycles. The fourth-order valence-electron chi connectivity index (χ4n) is 5.47. The molecule has 42 heavy (non-hydrogen) atoms. The van der Waals surface area contributed by atoms with Crippen molar-refractivity contribution in [1.82, 2.24) is 25.3 Å². The van der Waals surface area contributed by atoms with Gasteiger partial charge in [0.2, 0.25) is 0 Å². The lowest BCUT2D eigenvalue weighted by Crippen LogP contribution is -2.50. The van der Waals surface area contributed by atoms with E-state index in [0.29, 0.717) is 44.6 Å². The molecule has 2 aromatic carbocycles. The highest BCUT2D eigenvalue weighted by atomic mass is 35.5. The Balaban J connectivity index is 1.27. The maximum atomic E-state index is 13.8. The van der Waals surface area contributed by atoms with Crippen LogP contribution in [0.5, 0.6) is 0 Å². The molecule has 1 atom stereocenters. The molecule has 3 N–H and O–H groups in total. The van der Waals surface area contributed by atoms with E-state index in [1.165, 1.54) is 28.8 Å². The molecule has 212 valence electrons. The van der Waals surface area contributed by atoms with Crippen LogP contribution in [0.2, 0.25) is 10.0 Å². The number of aromatic nitrogens is 4. The maximum absolute atomic E-state index is 13.8. The molecule has 13 heteroatoms. The first kappa shape index (κ1) is 27.1. The minimum Gasteiger partial charge on any atom is -0.378 e. The summed E-state index contributed by atoms with van der Waals surface area (Å²) in [7, 11) is 0. The van der Waals surface area contributed by atoms with E-state index in [2.05, 4.69) is 47.4 Å². The summed E-state index contributed by atoms with van der Waals surface area (Å²) in [6, 6.07) is 10.4. The van der Waals surface area contributed by atoms with Crippen LogP contribution in [-0.4, -0.2) is 51.1 Å². The van der Waals surface area contributed by atoms with Crippen LogP contribution in [0.15, 0.2) is 48.1 Å². The largest absolute Gasteiger partial charge is 0.378 e. The monoisotopic (exact) mass is 620 g/mol. The van der Waals surface area contributed by atoms with Crippen molar-refractivity contribution < 1.29 is 9.13 Å². The first-order valence-electron chi connectivity index (χ1n) is 13.3. The van der Waals surface area contributed by atoms with Crippen LogP contribution in [0.4, 0.5) is 21.5 Å². The second kappa shape index (κ2) is 11.1. The number of anilines is 3. The molecule has 0 aliphatic carbocycles. The average molecular weight is 622 g/mol. The Morgan fingerprint density at radius 2 is 2.05 bits per heavy atom. The first-order valence-corrected chi connectivity index (χ1v) is 14.9. The fourth-order valence-corrected chi connectivity index (χ4v) is 7.07. The predicted molar refractivity (Wildman–Crippen MR) is 161 cm³/mol. The lowest BCUT2D eigenvalue weighted by molar-refractivity contribution is -0.0691. The third-order valence-electron chi connectivity index (χ3n) is 7.73. The molecule has 7 rings (SSSR count). The summed E-state index contributed by atoms with van der Waals surface area (Å²) in [6.07, 6.45) is 4.18. The van der Waals surface area contributed by atoms with Crippen molar-refractivity contribution in [3.8, 4) is 6.07 Å². The van der Waals surface area contributed by atoms with Crippen LogP contribution in [0.25, 0.3) is 10.9 Å². The Morgan fingerprint density at radius 3 is 2.79 bits per heavy atom. The van der Waals surface area contributed by atoms with Crippen LogP contribution in [-0.2, 0) is 17.7 Å². The van der Waals surface area contributed by atoms with Crippen molar-refractivity contribution in [1.29, 1.82) is 5.26 Å². The zero-order chi connectivity index (χ0) is 28.8. The number of nitrogens with one attached hydrogen (secondary N) is 3. The number of halogens is 3. The number of thiophene rings is 1. The number of ether oxygens (including phenoxy) is 1. The fraction of sp³-hybridized carbons (Fsp3) is 0.241. The highest BCUT2D eigenvalue weighted by molar-refractivity contribution is 7.10. The third kappa shape index (κ3) is 4.95. The minimum atomic E-state index is -0.531. The van der Waals surface area contributed by atoms with Gasteiger partial charge in [-0.25, -0.2) is 4.39 Å². The summed E-state index contributed by atoms with van der Waals surface area (Å²) in [5.74, 6) is -0.531. The molecule has 1 fully saturated rings. The van der Waals surface area contributed by atoms with E-state index >= 15 is 0 Å². The molecule has 5 heterocycles. The van der Waals surface area contributed by atoms with Crippen molar-refractivity contribution in [2.75, 3.05) is 30.4 Å². The number of aromatic amines is 1. The van der Waals surface area contributed by atoms with Gasteiger partial charge in [0.1, 0.15) is 17.6 Å². The molecule has 0 radical (unpaired) electrons. The van der Waals surface area contributed by atoms with Crippen LogP contribution >= 0.6 is 34.5 Å². The average Bonchev–Trinajstić information content (AvgIpc) is 3.64. The van der Waals surface area contributed by atoms with Crippen LogP contribution in [0.3, 0.4) is 0 Å². The molecule has 0 saturated carbocycles. The molecule has 0 spiro atoms. The van der Waals surface area contributed by atoms with Crippen molar-refractivity contribution >= 4 is 62.5 Å². The number of benzene rings is 2. The molecule has 0 amide bonds. The quantitative estimate of drug-likeness (QED) is 0.191. The van der Waals surface area contributed by atoms with Gasteiger partial charge in [0.05, 0.1) is 52.1 Å². The van der Waals surface area contributed by atoms with Gasteiger partial charge in [-0.1, -0.05) is 28.4 Å². The van der Waals surface area contributed by atoms with Crippen molar-refractivity contribution in [2.45, 2.75) is 25.0 Å². The van der Waals surface area contributed by atoms with Gasteiger partial charge in [0.15, 0.2) is 0 Å². The zero-order valence-electron chi connectivity index (χ0n) is 22.0. The second-order valence-electron chi connectivity index (χ2n) is 10.2. The smallest absolute Gasteiger partial charge is 0.141 e. The number of fused-ring (bicyclic) bond motifs is 2. The van der Waals surface area contributed by atoms with Gasteiger partial charge in [-0.2, -0.15) is 5.26 Å². The van der Waals surface area contributed by atoms with E-state index in [4.69, 9.17) is 27.9 Å². The van der Waals surface area contributed by atoms with Gasteiger partial charge in [-0.3, -0.25) is 15.0 Å². The number of hydrogen-bond donors (Lipinski definition) is 3. The van der Waals surface area contributed by atoms with Crippen molar-refractivity contribution in [3.63, 3.8) is 0 Å². The van der Waals surface area contributed by atoms with E-state index in [0.717, 1.165) is 44.0 Å². The van der Waals surface area contributed by atoms with Gasteiger partial charge in [0, 0.05) is 47.1 Å². The summed E-state index contributed by atoms with van der Waals surface area (Å²) in [5.41, 5.74) is 5.75. The topological polar surface area (TPSA) is 115 Å². The van der Waals surface area contributed by atoms with Crippen molar-refractivity contribution in [2.24, 2.45) is 0 Å². The molecule has 2 aliphatic rings. The summed E-state index contributed by atoms with van der Waals surface area (Å²) in [5, 5.41) is 31.1. The lowest BCUT2D eigenvalue weighted by Gasteiger charge is -2.39. The molecular formula is C29H23Cl2FN8OS. The first-order chi connectivity index (χ1) is 20.5. The molecule has 9 nitrogen and oxygen atoms in total. The Labute approximate surface area is 254 Å². The molecule has 0 bridgehead atoms. The number of nitrogens with zero attached hydrogens (tertiary/aromatic N) is 5. The minimum absolute atomic E-state index is 0.0315. The Morgan fingerprint density at radius 1 is 1.19 bits per heavy atom. The normalized spacial score (nSPS) is 16.0. The van der Waals surface area contributed by atoms with Gasteiger partial charge >= 0.3 is 0 Å². The number of rotatable bonds is 7. The standard InChI is InChI=1S/C29H23Cl2FN8OS/c30-22-6-16(1-2-24(22)32)36-27-15(8-33)9-34-28-20(27)5-17(7-23(28)31)37-29(25-10-35-39-38-25)21-14-42-26-11-40(4-3-19(21)26)18-12-41-13-18/h1-2,5-7,9-10,14,18,29,37H,3-4,11-13H2,(H,34,36)(H,35,38,39)/t29-/m0/s1. The summed E-state index contributed by atoms with van der Waals surface area (Å²) in [6.45, 7) is 3.48. The van der Waals surface area contributed by atoms with Gasteiger partial charge < -0.3 is 15.4 Å². The van der Waals surface area contributed by atoms with Crippen LogP contribution in [0, 0.1) is 17.1 Å². The molecule has 0 unspecified atom stereocenters. The summed E-state index contributed by atoms with van der Waals surface area (Å²) >= 11 is 14.5. The molecular weight excluding hydrogens is 598 g/mol. The Kier molecular flexibility index (Phi) is 7.17. The van der Waals surface area contributed by atoms with Crippen LogP contribution in [0.1, 0.15) is 33.3 Å². The van der Waals surface area contributed by atoms with Gasteiger partial charge in [-0.15, -0.1) is 16.4 Å². The van der Waals surface area contributed by atoms with Gasteiger partial charge in [0.25, 0.3) is 0 Å². The van der Waals surface area contributed by atoms with Gasteiger partial charge in [-0.05, 0) is 53.3 Å².